The van der Waals surface area contributed by atoms with E-state index in [1.165, 1.54) is 4.31 Å². The number of amides is 1. The molecule has 4 rings (SSSR count). The number of nitrogens with zero attached hydrogens (tertiary/aromatic N) is 2. The Morgan fingerprint density at radius 1 is 1.12 bits per heavy atom. The Hall–Kier alpha value is -2.68. The van der Waals surface area contributed by atoms with E-state index in [4.69, 9.17) is 11.6 Å². The fourth-order valence-corrected chi connectivity index (χ4v) is 5.63. The number of sulfonamides is 1. The van der Waals surface area contributed by atoms with Crippen LogP contribution in [0.25, 0.3) is 10.9 Å². The zero-order valence-corrected chi connectivity index (χ0v) is 19.1. The molecule has 1 saturated heterocycles. The van der Waals surface area contributed by atoms with E-state index in [0.29, 0.717) is 37.5 Å². The van der Waals surface area contributed by atoms with Gasteiger partial charge in [-0.05, 0) is 49.2 Å². The number of hydrogen-bond donors (Lipinski definition) is 2. The zero-order chi connectivity index (χ0) is 22.6. The number of benzene rings is 2. The molecule has 2 aromatic carbocycles. The molecule has 7 nitrogen and oxygen atoms in total. The zero-order valence-electron chi connectivity index (χ0n) is 17.5. The molecular weight excluding hydrogens is 448 g/mol. The van der Waals surface area contributed by atoms with Gasteiger partial charge in [0, 0.05) is 48.5 Å². The van der Waals surface area contributed by atoms with Crippen LogP contribution in [0.15, 0.2) is 65.7 Å². The number of carbonyl (C=O) groups excluding carboxylic acids is 1. The summed E-state index contributed by atoms with van der Waals surface area (Å²) in [4.78, 5) is 17.3. The van der Waals surface area contributed by atoms with Gasteiger partial charge in [-0.1, -0.05) is 29.8 Å². The van der Waals surface area contributed by atoms with Gasteiger partial charge >= 0.3 is 0 Å². The average Bonchev–Trinajstić information content (AvgIpc) is 2.82. The highest BCUT2D eigenvalue weighted by molar-refractivity contribution is 7.89. The predicted molar refractivity (Wildman–Crippen MR) is 126 cm³/mol. The molecule has 2 N–H and O–H groups in total. The lowest BCUT2D eigenvalue weighted by Crippen LogP contribution is -2.46. The molecule has 1 amide bonds. The smallest absolute Gasteiger partial charge is 0.243 e. The molecular formula is C23H25ClN4O3S. The Kier molecular flexibility index (Phi) is 6.93. The van der Waals surface area contributed by atoms with E-state index in [2.05, 4.69) is 15.6 Å². The Labute approximate surface area is 192 Å². The summed E-state index contributed by atoms with van der Waals surface area (Å²) >= 11 is 6.03. The predicted octanol–water partition coefficient (Wildman–Crippen LogP) is 3.52. The molecule has 3 aromatic rings. The number of rotatable bonds is 7. The molecule has 0 spiro atoms. The van der Waals surface area contributed by atoms with Crippen LogP contribution in [-0.2, 0) is 14.8 Å². The largest absolute Gasteiger partial charge is 0.383 e. The van der Waals surface area contributed by atoms with Crippen molar-refractivity contribution in [2.45, 2.75) is 17.7 Å². The van der Waals surface area contributed by atoms with Crippen molar-refractivity contribution in [3.05, 3.63) is 65.8 Å². The Balaban J connectivity index is 1.31. The van der Waals surface area contributed by atoms with Gasteiger partial charge in [0.2, 0.25) is 15.9 Å². The normalized spacial score (nSPS) is 17.2. The summed E-state index contributed by atoms with van der Waals surface area (Å²) in [7, 11) is -3.59. The second-order valence-electron chi connectivity index (χ2n) is 7.75. The number of hydrogen-bond acceptors (Lipinski definition) is 5. The number of halogens is 1. The second-order valence-corrected chi connectivity index (χ2v) is 10.1. The molecule has 0 aliphatic carbocycles. The molecule has 2 heterocycles. The minimum Gasteiger partial charge on any atom is -0.383 e. The molecule has 9 heteroatoms. The molecule has 1 atom stereocenters. The first kappa shape index (κ1) is 22.5. The van der Waals surface area contributed by atoms with Crippen molar-refractivity contribution in [3.63, 3.8) is 0 Å². The molecule has 0 saturated carbocycles. The van der Waals surface area contributed by atoms with Gasteiger partial charge in [0.25, 0.3) is 0 Å². The van der Waals surface area contributed by atoms with Gasteiger partial charge in [0.1, 0.15) is 0 Å². The number of carbonyl (C=O) groups is 1. The first-order chi connectivity index (χ1) is 15.4. The van der Waals surface area contributed by atoms with Crippen molar-refractivity contribution >= 4 is 44.1 Å². The van der Waals surface area contributed by atoms with Crippen LogP contribution in [0.3, 0.4) is 0 Å². The van der Waals surface area contributed by atoms with Crippen LogP contribution in [0.4, 0.5) is 5.69 Å². The minimum absolute atomic E-state index is 0.119. The van der Waals surface area contributed by atoms with Crippen LogP contribution in [0, 0.1) is 5.92 Å². The summed E-state index contributed by atoms with van der Waals surface area (Å²) in [6, 6.07) is 15.8. The Bertz CT molecular complexity index is 1200. The maximum Gasteiger partial charge on any atom is 0.243 e. The van der Waals surface area contributed by atoms with E-state index in [-0.39, 0.29) is 23.3 Å². The van der Waals surface area contributed by atoms with Crippen molar-refractivity contribution in [1.82, 2.24) is 14.6 Å². The van der Waals surface area contributed by atoms with Crippen molar-refractivity contribution in [2.75, 3.05) is 31.5 Å². The topological polar surface area (TPSA) is 91.4 Å². The molecule has 0 unspecified atom stereocenters. The van der Waals surface area contributed by atoms with Crippen LogP contribution in [0.2, 0.25) is 5.02 Å². The number of fused-ring (bicyclic) bond motifs is 1. The van der Waals surface area contributed by atoms with E-state index >= 15 is 0 Å². The minimum atomic E-state index is -3.59. The number of nitrogens with one attached hydrogen (secondary N) is 2. The van der Waals surface area contributed by atoms with Crippen molar-refractivity contribution in [2.24, 2.45) is 5.92 Å². The maximum absolute atomic E-state index is 12.9. The van der Waals surface area contributed by atoms with Crippen LogP contribution in [0.5, 0.6) is 0 Å². The quantitative estimate of drug-likeness (QED) is 0.513. The monoisotopic (exact) mass is 472 g/mol. The summed E-state index contributed by atoms with van der Waals surface area (Å²) < 4.78 is 27.2. The van der Waals surface area contributed by atoms with E-state index in [1.807, 2.05) is 24.3 Å². The molecule has 168 valence electrons. The fraction of sp³-hybridized carbons (Fsp3) is 0.304. The Morgan fingerprint density at radius 2 is 1.94 bits per heavy atom. The van der Waals surface area contributed by atoms with E-state index in [0.717, 1.165) is 16.6 Å². The lowest BCUT2D eigenvalue weighted by molar-refractivity contribution is -0.125. The van der Waals surface area contributed by atoms with Crippen molar-refractivity contribution in [1.29, 1.82) is 0 Å². The van der Waals surface area contributed by atoms with Crippen LogP contribution < -0.4 is 10.6 Å². The van der Waals surface area contributed by atoms with Gasteiger partial charge in [-0.15, -0.1) is 0 Å². The number of piperidine rings is 1. The van der Waals surface area contributed by atoms with Gasteiger partial charge in [-0.2, -0.15) is 4.31 Å². The number of anilines is 1. The average molecular weight is 473 g/mol. The van der Waals surface area contributed by atoms with Gasteiger partial charge in [-0.3, -0.25) is 9.78 Å². The van der Waals surface area contributed by atoms with Crippen molar-refractivity contribution < 1.29 is 13.2 Å². The second kappa shape index (κ2) is 9.85. The third kappa shape index (κ3) is 5.03. The first-order valence-electron chi connectivity index (χ1n) is 10.6. The van der Waals surface area contributed by atoms with E-state index in [9.17, 15) is 13.2 Å². The van der Waals surface area contributed by atoms with E-state index in [1.54, 1.807) is 36.5 Å². The molecule has 1 fully saturated rings. The molecule has 1 aliphatic rings. The lowest BCUT2D eigenvalue weighted by atomic mass is 9.99. The maximum atomic E-state index is 12.9. The summed E-state index contributed by atoms with van der Waals surface area (Å²) in [5.74, 6) is -0.475. The third-order valence-corrected chi connectivity index (χ3v) is 7.69. The van der Waals surface area contributed by atoms with Crippen LogP contribution in [-0.4, -0.2) is 49.8 Å². The highest BCUT2D eigenvalue weighted by atomic mass is 35.5. The first-order valence-corrected chi connectivity index (χ1v) is 12.4. The SMILES string of the molecule is O=C(NCCNc1ccnc2cc(Cl)ccc12)[C@@H]1CCCN(S(=O)(=O)c2ccccc2)C1. The molecule has 0 bridgehead atoms. The van der Waals surface area contributed by atoms with Crippen molar-refractivity contribution in [3.8, 4) is 0 Å². The number of aromatic nitrogens is 1. The summed E-state index contributed by atoms with van der Waals surface area (Å²) in [5, 5.41) is 7.83. The summed E-state index contributed by atoms with van der Waals surface area (Å²) in [6.07, 6.45) is 3.05. The lowest BCUT2D eigenvalue weighted by Gasteiger charge is -2.31. The molecule has 32 heavy (non-hydrogen) atoms. The summed E-state index contributed by atoms with van der Waals surface area (Å²) in [5.41, 5.74) is 1.71. The molecule has 1 aromatic heterocycles. The van der Waals surface area contributed by atoms with E-state index < -0.39 is 10.0 Å². The summed E-state index contributed by atoms with van der Waals surface area (Å²) in [6.45, 7) is 1.60. The highest BCUT2D eigenvalue weighted by Gasteiger charge is 2.33. The highest BCUT2D eigenvalue weighted by Crippen LogP contribution is 2.25. The van der Waals surface area contributed by atoms with Gasteiger partial charge in [-0.25, -0.2) is 8.42 Å². The van der Waals surface area contributed by atoms with Gasteiger partial charge < -0.3 is 10.6 Å². The molecule has 0 radical (unpaired) electrons. The van der Waals surface area contributed by atoms with Gasteiger partial charge in [0.05, 0.1) is 16.3 Å². The number of pyridine rings is 1. The van der Waals surface area contributed by atoms with Crippen LogP contribution >= 0.6 is 11.6 Å². The Morgan fingerprint density at radius 3 is 2.75 bits per heavy atom. The third-order valence-electron chi connectivity index (χ3n) is 5.58. The van der Waals surface area contributed by atoms with Crippen LogP contribution in [0.1, 0.15) is 12.8 Å². The molecule has 1 aliphatic heterocycles. The fourth-order valence-electron chi connectivity index (χ4n) is 3.92. The van der Waals surface area contributed by atoms with Gasteiger partial charge in [0.15, 0.2) is 0 Å². The standard InChI is InChI=1S/C23H25ClN4O3S/c24-18-8-9-20-21(10-11-25-22(20)15-18)26-12-13-27-23(29)17-5-4-14-28(16-17)32(30,31)19-6-2-1-3-7-19/h1-3,6-11,15,17H,4-5,12-14,16H2,(H,25,26)(H,27,29)/t17-/m1/s1.